The quantitative estimate of drug-likeness (QED) is 0.819. The number of benzene rings is 1. The highest BCUT2D eigenvalue weighted by Gasteiger charge is 2.20. The van der Waals surface area contributed by atoms with Crippen molar-refractivity contribution in [3.8, 4) is 0 Å². The molecule has 1 unspecified atom stereocenters. The summed E-state index contributed by atoms with van der Waals surface area (Å²) < 4.78 is 12.9. The predicted molar refractivity (Wildman–Crippen MR) is 51.7 cm³/mol. The number of aliphatic hydroxyl groups excluding tert-OH is 1. The molecule has 1 atom stereocenters. The Morgan fingerprint density at radius 2 is 2.14 bits per heavy atom. The molecule has 0 fully saturated rings. The summed E-state index contributed by atoms with van der Waals surface area (Å²) >= 11 is 8.42. The summed E-state index contributed by atoms with van der Waals surface area (Å²) in [6.07, 6.45) is -1.75. The molecule has 0 aliphatic rings. The largest absolute Gasteiger partial charge is 0.479 e. The molecule has 2 N–H and O–H groups in total. The Hall–Kier alpha value is -0.650. The molecular weight excluding hydrogens is 278 g/mol. The molecule has 0 saturated carbocycles. The first-order valence-corrected chi connectivity index (χ1v) is 4.66. The van der Waals surface area contributed by atoms with Crippen molar-refractivity contribution in [1.29, 1.82) is 0 Å². The molecule has 0 saturated heterocycles. The van der Waals surface area contributed by atoms with Gasteiger partial charge in [0.1, 0.15) is 5.82 Å². The van der Waals surface area contributed by atoms with Gasteiger partial charge < -0.3 is 10.2 Å². The van der Waals surface area contributed by atoms with Crippen molar-refractivity contribution in [3.05, 3.63) is 33.0 Å². The number of hydrogen-bond acceptors (Lipinski definition) is 2. The van der Waals surface area contributed by atoms with E-state index >= 15 is 0 Å². The van der Waals surface area contributed by atoms with Gasteiger partial charge >= 0.3 is 5.97 Å². The zero-order valence-electron chi connectivity index (χ0n) is 6.67. The summed E-state index contributed by atoms with van der Waals surface area (Å²) in [5.74, 6) is -2.05. The van der Waals surface area contributed by atoms with E-state index < -0.39 is 17.9 Å². The first kappa shape index (κ1) is 11.4. The molecule has 3 nitrogen and oxygen atoms in total. The Bertz CT molecular complexity index is 383. The van der Waals surface area contributed by atoms with Gasteiger partial charge in [-0.05, 0) is 28.1 Å². The number of carboxylic acid groups (broad SMARTS) is 1. The Balaban J connectivity index is 3.22. The maximum absolute atomic E-state index is 12.9. The fourth-order valence-electron chi connectivity index (χ4n) is 0.881. The fourth-order valence-corrected chi connectivity index (χ4v) is 1.50. The Morgan fingerprint density at radius 1 is 1.57 bits per heavy atom. The summed E-state index contributed by atoms with van der Waals surface area (Å²) in [5, 5.41) is 17.5. The van der Waals surface area contributed by atoms with Gasteiger partial charge in [-0.2, -0.15) is 0 Å². The second kappa shape index (κ2) is 4.25. The Labute approximate surface area is 92.2 Å². The normalized spacial score (nSPS) is 12.6. The first-order valence-electron chi connectivity index (χ1n) is 3.48. The van der Waals surface area contributed by atoms with Gasteiger partial charge in [-0.3, -0.25) is 0 Å². The molecule has 0 aliphatic heterocycles. The lowest BCUT2D eigenvalue weighted by Crippen LogP contribution is -2.11. The van der Waals surface area contributed by atoms with Gasteiger partial charge in [0, 0.05) is 10.6 Å². The zero-order chi connectivity index (χ0) is 10.9. The van der Waals surface area contributed by atoms with Gasteiger partial charge in [0.25, 0.3) is 0 Å². The Morgan fingerprint density at radius 3 is 2.64 bits per heavy atom. The zero-order valence-corrected chi connectivity index (χ0v) is 9.01. The van der Waals surface area contributed by atoms with Crippen LogP contribution in [-0.2, 0) is 4.79 Å². The average Bonchev–Trinajstić information content (AvgIpc) is 2.10. The van der Waals surface area contributed by atoms with E-state index in [0.29, 0.717) is 0 Å². The molecular formula is C8H5BrClFO3. The maximum atomic E-state index is 12.9. The molecule has 0 aliphatic carbocycles. The van der Waals surface area contributed by atoms with E-state index in [1.54, 1.807) is 0 Å². The number of rotatable bonds is 2. The van der Waals surface area contributed by atoms with Crippen molar-refractivity contribution in [1.82, 2.24) is 0 Å². The fraction of sp³-hybridized carbons (Fsp3) is 0.125. The highest BCUT2D eigenvalue weighted by Crippen LogP contribution is 2.28. The third-order valence-corrected chi connectivity index (χ3v) is 2.50. The number of aliphatic hydroxyl groups is 1. The molecule has 1 aromatic rings. The molecule has 1 aromatic carbocycles. The topological polar surface area (TPSA) is 57.5 Å². The molecule has 0 amide bonds. The van der Waals surface area contributed by atoms with E-state index in [0.717, 1.165) is 12.1 Å². The third-order valence-electron chi connectivity index (χ3n) is 1.57. The number of halogens is 3. The molecule has 0 heterocycles. The van der Waals surface area contributed by atoms with E-state index in [-0.39, 0.29) is 15.1 Å². The smallest absolute Gasteiger partial charge is 0.337 e. The van der Waals surface area contributed by atoms with Crippen LogP contribution in [0.25, 0.3) is 0 Å². The molecule has 0 spiro atoms. The van der Waals surface area contributed by atoms with Crippen LogP contribution in [0.15, 0.2) is 16.6 Å². The maximum Gasteiger partial charge on any atom is 0.337 e. The van der Waals surface area contributed by atoms with Crippen molar-refractivity contribution < 1.29 is 19.4 Å². The number of hydrogen-bond donors (Lipinski definition) is 2. The van der Waals surface area contributed by atoms with Gasteiger partial charge in [-0.15, -0.1) is 0 Å². The van der Waals surface area contributed by atoms with Crippen LogP contribution in [0.1, 0.15) is 11.7 Å². The number of carbonyl (C=O) groups is 1. The van der Waals surface area contributed by atoms with E-state index in [2.05, 4.69) is 15.9 Å². The Kier molecular flexibility index (Phi) is 3.47. The van der Waals surface area contributed by atoms with Crippen molar-refractivity contribution >= 4 is 33.5 Å². The molecule has 0 radical (unpaired) electrons. The second-order valence-corrected chi connectivity index (χ2v) is 3.79. The van der Waals surface area contributed by atoms with Crippen molar-refractivity contribution in [3.63, 3.8) is 0 Å². The lowest BCUT2D eigenvalue weighted by atomic mass is 10.1. The van der Waals surface area contributed by atoms with Crippen LogP contribution in [0.5, 0.6) is 0 Å². The van der Waals surface area contributed by atoms with Gasteiger partial charge in [0.05, 0.1) is 4.47 Å². The van der Waals surface area contributed by atoms with E-state index in [1.165, 1.54) is 0 Å². The van der Waals surface area contributed by atoms with Crippen LogP contribution < -0.4 is 0 Å². The molecule has 0 bridgehead atoms. The minimum absolute atomic E-state index is 0.0487. The van der Waals surface area contributed by atoms with Gasteiger partial charge in [0.15, 0.2) is 6.10 Å². The summed E-state index contributed by atoms with van der Waals surface area (Å²) in [4.78, 5) is 10.4. The highest BCUT2D eigenvalue weighted by atomic mass is 79.9. The van der Waals surface area contributed by atoms with Crippen LogP contribution in [0.3, 0.4) is 0 Å². The van der Waals surface area contributed by atoms with Gasteiger partial charge in [-0.1, -0.05) is 11.6 Å². The monoisotopic (exact) mass is 282 g/mol. The van der Waals surface area contributed by atoms with Crippen LogP contribution >= 0.6 is 27.5 Å². The van der Waals surface area contributed by atoms with E-state index in [9.17, 15) is 9.18 Å². The van der Waals surface area contributed by atoms with Crippen molar-refractivity contribution in [2.24, 2.45) is 0 Å². The minimum atomic E-state index is -1.75. The molecule has 76 valence electrons. The molecule has 1 rings (SSSR count). The minimum Gasteiger partial charge on any atom is -0.479 e. The molecule has 14 heavy (non-hydrogen) atoms. The molecule has 6 heteroatoms. The molecule has 0 aromatic heterocycles. The summed E-state index contributed by atoms with van der Waals surface area (Å²) in [5.41, 5.74) is -0.0487. The van der Waals surface area contributed by atoms with Gasteiger partial charge in [-0.25, -0.2) is 9.18 Å². The van der Waals surface area contributed by atoms with Crippen LogP contribution in [-0.4, -0.2) is 16.2 Å². The average molecular weight is 283 g/mol. The van der Waals surface area contributed by atoms with E-state index in [4.69, 9.17) is 21.8 Å². The lowest BCUT2D eigenvalue weighted by molar-refractivity contribution is -0.146. The van der Waals surface area contributed by atoms with Gasteiger partial charge in [0.2, 0.25) is 0 Å². The predicted octanol–water partition coefficient (Wildman–Crippen LogP) is 2.36. The summed E-state index contributed by atoms with van der Waals surface area (Å²) in [6, 6.07) is 2.07. The number of carboxylic acids is 1. The second-order valence-electron chi connectivity index (χ2n) is 2.53. The first-order chi connectivity index (χ1) is 6.43. The standard InChI is InChI=1S/C8H5BrClFO3/c9-4-1-3(7(12)8(13)14)5(10)2-6(4)11/h1-2,7,12H,(H,13,14). The van der Waals surface area contributed by atoms with Crippen molar-refractivity contribution in [2.75, 3.05) is 0 Å². The lowest BCUT2D eigenvalue weighted by Gasteiger charge is -2.08. The van der Waals surface area contributed by atoms with Crippen molar-refractivity contribution in [2.45, 2.75) is 6.10 Å². The summed E-state index contributed by atoms with van der Waals surface area (Å²) in [7, 11) is 0. The van der Waals surface area contributed by atoms with E-state index in [1.807, 2.05) is 0 Å². The number of aliphatic carboxylic acids is 1. The summed E-state index contributed by atoms with van der Waals surface area (Å²) in [6.45, 7) is 0. The highest BCUT2D eigenvalue weighted by molar-refractivity contribution is 9.10. The van der Waals surface area contributed by atoms with Crippen LogP contribution in [0.4, 0.5) is 4.39 Å². The van der Waals surface area contributed by atoms with Crippen LogP contribution in [0, 0.1) is 5.82 Å². The SMILES string of the molecule is O=C(O)C(O)c1cc(Br)c(F)cc1Cl. The third kappa shape index (κ3) is 2.23. The van der Waals surface area contributed by atoms with Crippen LogP contribution in [0.2, 0.25) is 5.02 Å².